The van der Waals surface area contributed by atoms with Crippen molar-refractivity contribution in [2.24, 2.45) is 0 Å². The molecule has 2 aromatic carbocycles. The van der Waals surface area contributed by atoms with E-state index in [0.717, 1.165) is 17.0 Å². The van der Waals surface area contributed by atoms with Gasteiger partial charge in [0.25, 0.3) is 4.84 Å². The standard InChI is InChI=1S/C18H19N3O2S/c1-3-22-16-10-8-15(9-11-16)19-12-21-18(24)23-17(20-21)14-6-4-13(2)5-7-14/h4-11,19H,3,12H2,1-2H3. The Morgan fingerprint density at radius 3 is 2.50 bits per heavy atom. The molecule has 0 aliphatic carbocycles. The molecule has 5 nitrogen and oxygen atoms in total. The third kappa shape index (κ3) is 3.83. The summed E-state index contributed by atoms with van der Waals surface area (Å²) < 4.78 is 12.6. The summed E-state index contributed by atoms with van der Waals surface area (Å²) in [5, 5.41) is 7.69. The van der Waals surface area contributed by atoms with Gasteiger partial charge >= 0.3 is 0 Å². The fraction of sp³-hybridized carbons (Fsp3) is 0.222. The summed E-state index contributed by atoms with van der Waals surface area (Å²) in [5.74, 6) is 1.37. The largest absolute Gasteiger partial charge is 0.494 e. The summed E-state index contributed by atoms with van der Waals surface area (Å²) in [4.78, 5) is 0.337. The number of benzene rings is 2. The van der Waals surface area contributed by atoms with E-state index in [1.165, 1.54) is 5.56 Å². The zero-order valence-electron chi connectivity index (χ0n) is 13.7. The highest BCUT2D eigenvalue weighted by Crippen LogP contribution is 2.19. The molecular formula is C18H19N3O2S. The maximum atomic E-state index is 5.59. The zero-order chi connectivity index (χ0) is 16.9. The van der Waals surface area contributed by atoms with Crippen LogP contribution in [0.4, 0.5) is 5.69 Å². The van der Waals surface area contributed by atoms with Crippen LogP contribution < -0.4 is 10.1 Å². The number of nitrogens with one attached hydrogen (secondary N) is 1. The predicted octanol–water partition coefficient (Wildman–Crippen LogP) is 4.65. The van der Waals surface area contributed by atoms with Crippen LogP contribution in [0.2, 0.25) is 0 Å². The fourth-order valence-corrected chi connectivity index (χ4v) is 2.41. The molecule has 3 aromatic rings. The number of ether oxygens (including phenoxy) is 1. The number of rotatable bonds is 6. The van der Waals surface area contributed by atoms with Crippen molar-refractivity contribution >= 4 is 17.9 Å². The molecule has 1 aromatic heterocycles. The van der Waals surface area contributed by atoms with Crippen molar-refractivity contribution < 1.29 is 9.15 Å². The molecule has 3 rings (SSSR count). The van der Waals surface area contributed by atoms with E-state index < -0.39 is 0 Å². The summed E-state index contributed by atoms with van der Waals surface area (Å²) in [5.41, 5.74) is 3.06. The van der Waals surface area contributed by atoms with E-state index in [2.05, 4.69) is 10.4 Å². The van der Waals surface area contributed by atoms with E-state index in [4.69, 9.17) is 21.4 Å². The Hall–Kier alpha value is -2.60. The van der Waals surface area contributed by atoms with Crippen molar-refractivity contribution in [3.05, 3.63) is 58.9 Å². The first-order chi connectivity index (χ1) is 11.7. The number of aryl methyl sites for hydroxylation is 1. The normalized spacial score (nSPS) is 10.6. The van der Waals surface area contributed by atoms with Crippen LogP contribution in [-0.4, -0.2) is 16.4 Å². The molecule has 24 heavy (non-hydrogen) atoms. The highest BCUT2D eigenvalue weighted by atomic mass is 32.1. The van der Waals surface area contributed by atoms with Gasteiger partial charge in [0.15, 0.2) is 0 Å². The molecule has 6 heteroatoms. The molecule has 0 saturated carbocycles. The lowest BCUT2D eigenvalue weighted by atomic mass is 10.1. The molecule has 0 atom stereocenters. The van der Waals surface area contributed by atoms with Crippen molar-refractivity contribution in [2.75, 3.05) is 11.9 Å². The number of anilines is 1. The van der Waals surface area contributed by atoms with E-state index in [1.54, 1.807) is 4.68 Å². The summed E-state index contributed by atoms with van der Waals surface area (Å²) in [6.45, 7) is 5.09. The van der Waals surface area contributed by atoms with E-state index in [9.17, 15) is 0 Å². The number of hydrogen-bond donors (Lipinski definition) is 1. The number of nitrogens with zero attached hydrogens (tertiary/aromatic N) is 2. The second-order valence-electron chi connectivity index (χ2n) is 5.33. The monoisotopic (exact) mass is 341 g/mol. The van der Waals surface area contributed by atoms with Gasteiger partial charge in [0.2, 0.25) is 5.89 Å². The van der Waals surface area contributed by atoms with Crippen LogP contribution in [0.3, 0.4) is 0 Å². The summed E-state index contributed by atoms with van der Waals surface area (Å²) in [7, 11) is 0. The van der Waals surface area contributed by atoms with Crippen molar-refractivity contribution in [1.29, 1.82) is 0 Å². The van der Waals surface area contributed by atoms with Crippen LogP contribution in [0, 0.1) is 11.8 Å². The first-order valence-corrected chi connectivity index (χ1v) is 8.18. The van der Waals surface area contributed by atoms with Crippen molar-refractivity contribution in [3.8, 4) is 17.2 Å². The average molecular weight is 341 g/mol. The molecule has 0 saturated heterocycles. The summed E-state index contributed by atoms with van der Waals surface area (Å²) >= 11 is 5.24. The topological polar surface area (TPSA) is 52.2 Å². The fourth-order valence-electron chi connectivity index (χ4n) is 2.22. The molecule has 1 heterocycles. The lowest BCUT2D eigenvalue weighted by molar-refractivity contribution is 0.340. The minimum Gasteiger partial charge on any atom is -0.494 e. The van der Waals surface area contributed by atoms with Gasteiger partial charge in [-0.1, -0.05) is 17.7 Å². The van der Waals surface area contributed by atoms with Gasteiger partial charge < -0.3 is 14.5 Å². The Bertz CT molecular complexity index is 851. The van der Waals surface area contributed by atoms with E-state index in [-0.39, 0.29) is 0 Å². The molecular weight excluding hydrogens is 322 g/mol. The van der Waals surface area contributed by atoms with Crippen LogP contribution in [0.1, 0.15) is 12.5 Å². The van der Waals surface area contributed by atoms with Crippen LogP contribution in [0.5, 0.6) is 5.75 Å². The van der Waals surface area contributed by atoms with Crippen LogP contribution in [0.15, 0.2) is 52.9 Å². The van der Waals surface area contributed by atoms with Gasteiger partial charge in [-0.15, -0.1) is 5.10 Å². The van der Waals surface area contributed by atoms with Gasteiger partial charge in [0.1, 0.15) is 12.4 Å². The van der Waals surface area contributed by atoms with Gasteiger partial charge in [-0.3, -0.25) is 0 Å². The van der Waals surface area contributed by atoms with E-state index in [0.29, 0.717) is 24.0 Å². The van der Waals surface area contributed by atoms with E-state index >= 15 is 0 Å². The molecule has 1 N–H and O–H groups in total. The molecule has 0 amide bonds. The van der Waals surface area contributed by atoms with Crippen LogP contribution >= 0.6 is 12.2 Å². The smallest absolute Gasteiger partial charge is 0.289 e. The van der Waals surface area contributed by atoms with Crippen LogP contribution in [0.25, 0.3) is 11.5 Å². The van der Waals surface area contributed by atoms with Crippen molar-refractivity contribution in [1.82, 2.24) is 9.78 Å². The number of hydrogen-bond acceptors (Lipinski definition) is 5. The molecule has 0 aliphatic rings. The summed E-state index contributed by atoms with van der Waals surface area (Å²) in [6.07, 6.45) is 0. The molecule has 0 spiro atoms. The summed E-state index contributed by atoms with van der Waals surface area (Å²) in [6, 6.07) is 15.7. The Balaban J connectivity index is 1.69. The Labute approximate surface area is 145 Å². The molecule has 0 aliphatic heterocycles. The molecule has 0 fully saturated rings. The molecule has 0 radical (unpaired) electrons. The SMILES string of the molecule is CCOc1ccc(NCn2nc(-c3ccc(C)cc3)oc2=S)cc1. The van der Waals surface area contributed by atoms with Gasteiger partial charge in [-0.05, 0) is 62.5 Å². The highest BCUT2D eigenvalue weighted by molar-refractivity contribution is 7.71. The Morgan fingerprint density at radius 1 is 1.12 bits per heavy atom. The van der Waals surface area contributed by atoms with Crippen LogP contribution in [-0.2, 0) is 6.67 Å². The second kappa shape index (κ2) is 7.31. The second-order valence-corrected chi connectivity index (χ2v) is 5.68. The van der Waals surface area contributed by atoms with Gasteiger partial charge in [0.05, 0.1) is 6.61 Å². The average Bonchev–Trinajstić information content (AvgIpc) is 2.96. The third-order valence-corrected chi connectivity index (χ3v) is 3.80. The first kappa shape index (κ1) is 16.3. The molecule has 0 unspecified atom stereocenters. The maximum Gasteiger partial charge on any atom is 0.289 e. The maximum absolute atomic E-state index is 5.59. The Morgan fingerprint density at radius 2 is 1.83 bits per heavy atom. The van der Waals surface area contributed by atoms with Gasteiger partial charge in [-0.2, -0.15) is 0 Å². The lowest BCUT2D eigenvalue weighted by Crippen LogP contribution is -2.09. The lowest BCUT2D eigenvalue weighted by Gasteiger charge is -2.07. The zero-order valence-corrected chi connectivity index (χ0v) is 14.5. The predicted molar refractivity (Wildman–Crippen MR) is 96.7 cm³/mol. The Kier molecular flexibility index (Phi) is 4.96. The van der Waals surface area contributed by atoms with Crippen molar-refractivity contribution in [2.45, 2.75) is 20.5 Å². The first-order valence-electron chi connectivity index (χ1n) is 7.77. The minimum absolute atomic E-state index is 0.337. The van der Waals surface area contributed by atoms with Gasteiger partial charge in [0, 0.05) is 11.3 Å². The number of aromatic nitrogens is 2. The quantitative estimate of drug-likeness (QED) is 0.661. The highest BCUT2D eigenvalue weighted by Gasteiger charge is 2.08. The molecule has 0 bridgehead atoms. The molecule has 124 valence electrons. The van der Waals surface area contributed by atoms with E-state index in [1.807, 2.05) is 62.4 Å². The minimum atomic E-state index is 0.337. The third-order valence-electron chi connectivity index (χ3n) is 3.50. The van der Waals surface area contributed by atoms with Crippen molar-refractivity contribution in [3.63, 3.8) is 0 Å². The van der Waals surface area contributed by atoms with Gasteiger partial charge in [-0.25, -0.2) is 4.68 Å².